The van der Waals surface area contributed by atoms with Gasteiger partial charge in [-0.2, -0.15) is 17.4 Å². The normalized spacial score (nSPS) is 14.0. The van der Waals surface area contributed by atoms with Crippen LogP contribution in [-0.4, -0.2) is 44.9 Å². The standard InChI is InChI=1S/C15H35N3O2S/c1-6-8-11-15(10-7-2)17-21(19,20)18(5)13-9-12-16-14(3)4/h14-17H,6-13H2,1-5H3. The Morgan fingerprint density at radius 1 is 1.05 bits per heavy atom. The lowest BCUT2D eigenvalue weighted by molar-refractivity contribution is 0.417. The molecule has 0 saturated carbocycles. The van der Waals surface area contributed by atoms with Crippen molar-refractivity contribution in [2.24, 2.45) is 0 Å². The second-order valence-electron chi connectivity index (χ2n) is 6.03. The lowest BCUT2D eigenvalue weighted by atomic mass is 10.1. The Bertz CT molecular complexity index is 345. The Hall–Kier alpha value is -0.170. The Morgan fingerprint density at radius 2 is 1.71 bits per heavy atom. The monoisotopic (exact) mass is 321 g/mol. The van der Waals surface area contributed by atoms with Crippen LogP contribution in [-0.2, 0) is 10.2 Å². The fraction of sp³-hybridized carbons (Fsp3) is 1.00. The first-order chi connectivity index (χ1) is 9.83. The van der Waals surface area contributed by atoms with Crippen LogP contribution in [0.5, 0.6) is 0 Å². The van der Waals surface area contributed by atoms with Crippen LogP contribution in [0.25, 0.3) is 0 Å². The number of hydrogen-bond donors (Lipinski definition) is 2. The van der Waals surface area contributed by atoms with Gasteiger partial charge in [-0.3, -0.25) is 0 Å². The third-order valence-electron chi connectivity index (χ3n) is 3.47. The largest absolute Gasteiger partial charge is 0.314 e. The van der Waals surface area contributed by atoms with Gasteiger partial charge in [0.1, 0.15) is 0 Å². The van der Waals surface area contributed by atoms with E-state index in [4.69, 9.17) is 0 Å². The summed E-state index contributed by atoms with van der Waals surface area (Å²) in [4.78, 5) is 0. The molecule has 0 bridgehead atoms. The fourth-order valence-electron chi connectivity index (χ4n) is 2.17. The molecule has 0 aromatic carbocycles. The van der Waals surface area contributed by atoms with Gasteiger partial charge in [-0.05, 0) is 25.8 Å². The highest BCUT2D eigenvalue weighted by molar-refractivity contribution is 7.87. The molecule has 2 N–H and O–H groups in total. The maximum atomic E-state index is 12.3. The highest BCUT2D eigenvalue weighted by Crippen LogP contribution is 2.09. The Kier molecular flexibility index (Phi) is 11.3. The highest BCUT2D eigenvalue weighted by atomic mass is 32.2. The molecule has 128 valence electrons. The van der Waals surface area contributed by atoms with Crippen LogP contribution in [0.2, 0.25) is 0 Å². The van der Waals surface area contributed by atoms with Crippen molar-refractivity contribution < 1.29 is 8.42 Å². The van der Waals surface area contributed by atoms with E-state index in [9.17, 15) is 8.42 Å². The molecule has 0 amide bonds. The van der Waals surface area contributed by atoms with Gasteiger partial charge in [0, 0.05) is 25.7 Å². The molecule has 1 atom stereocenters. The molecule has 0 saturated heterocycles. The van der Waals surface area contributed by atoms with Gasteiger partial charge in [-0.1, -0.05) is 47.0 Å². The number of nitrogens with zero attached hydrogens (tertiary/aromatic N) is 1. The number of unbranched alkanes of at least 4 members (excludes halogenated alkanes) is 1. The van der Waals surface area contributed by atoms with Crippen LogP contribution in [0.15, 0.2) is 0 Å². The van der Waals surface area contributed by atoms with E-state index in [0.717, 1.165) is 45.1 Å². The summed E-state index contributed by atoms with van der Waals surface area (Å²) in [5.74, 6) is 0. The van der Waals surface area contributed by atoms with E-state index in [2.05, 4.69) is 37.7 Å². The van der Waals surface area contributed by atoms with E-state index >= 15 is 0 Å². The second kappa shape index (κ2) is 11.4. The molecule has 6 heteroatoms. The van der Waals surface area contributed by atoms with Crippen molar-refractivity contribution in [3.05, 3.63) is 0 Å². The van der Waals surface area contributed by atoms with Gasteiger partial charge in [-0.15, -0.1) is 0 Å². The van der Waals surface area contributed by atoms with Crippen molar-refractivity contribution in [1.29, 1.82) is 0 Å². The lowest BCUT2D eigenvalue weighted by Crippen LogP contribution is -2.44. The van der Waals surface area contributed by atoms with Crippen molar-refractivity contribution in [3.63, 3.8) is 0 Å². The van der Waals surface area contributed by atoms with Gasteiger partial charge < -0.3 is 5.32 Å². The van der Waals surface area contributed by atoms with Crippen molar-refractivity contribution in [1.82, 2.24) is 14.3 Å². The molecule has 5 nitrogen and oxygen atoms in total. The molecule has 0 radical (unpaired) electrons. The van der Waals surface area contributed by atoms with E-state index < -0.39 is 10.2 Å². The second-order valence-corrected chi connectivity index (χ2v) is 7.84. The molecule has 0 rings (SSSR count). The average Bonchev–Trinajstić information content (AvgIpc) is 2.40. The van der Waals surface area contributed by atoms with Gasteiger partial charge >= 0.3 is 0 Å². The summed E-state index contributed by atoms with van der Waals surface area (Å²) in [6, 6.07) is 0.504. The van der Waals surface area contributed by atoms with Crippen LogP contribution in [0.4, 0.5) is 0 Å². The molecule has 21 heavy (non-hydrogen) atoms. The summed E-state index contributed by atoms with van der Waals surface area (Å²) >= 11 is 0. The fourth-order valence-corrected chi connectivity index (χ4v) is 3.38. The van der Waals surface area contributed by atoms with Crippen molar-refractivity contribution >= 4 is 10.2 Å². The van der Waals surface area contributed by atoms with Gasteiger partial charge in [-0.25, -0.2) is 0 Å². The van der Waals surface area contributed by atoms with Crippen LogP contribution < -0.4 is 10.0 Å². The summed E-state index contributed by atoms with van der Waals surface area (Å²) in [5, 5.41) is 3.30. The minimum Gasteiger partial charge on any atom is -0.314 e. The third-order valence-corrected chi connectivity index (χ3v) is 5.11. The van der Waals surface area contributed by atoms with Gasteiger partial charge in [0.05, 0.1) is 0 Å². The maximum Gasteiger partial charge on any atom is 0.279 e. The van der Waals surface area contributed by atoms with Gasteiger partial charge in [0.2, 0.25) is 0 Å². The van der Waals surface area contributed by atoms with Crippen molar-refractivity contribution in [2.75, 3.05) is 20.1 Å². The molecular weight excluding hydrogens is 286 g/mol. The van der Waals surface area contributed by atoms with Gasteiger partial charge in [0.15, 0.2) is 0 Å². The Labute approximate surface area is 132 Å². The Balaban J connectivity index is 4.28. The predicted octanol–water partition coefficient (Wildman–Crippen LogP) is 2.50. The van der Waals surface area contributed by atoms with E-state index in [0.29, 0.717) is 12.6 Å². The van der Waals surface area contributed by atoms with E-state index in [-0.39, 0.29) is 6.04 Å². The molecule has 0 fully saturated rings. The zero-order valence-corrected chi connectivity index (χ0v) is 15.3. The lowest BCUT2D eigenvalue weighted by Gasteiger charge is -2.23. The quantitative estimate of drug-likeness (QED) is 0.512. The zero-order chi connectivity index (χ0) is 16.3. The minimum absolute atomic E-state index is 0.0659. The van der Waals surface area contributed by atoms with Crippen LogP contribution in [0.3, 0.4) is 0 Å². The molecule has 0 aromatic rings. The van der Waals surface area contributed by atoms with E-state index in [1.165, 1.54) is 4.31 Å². The van der Waals surface area contributed by atoms with Crippen molar-refractivity contribution in [3.8, 4) is 0 Å². The molecule has 1 unspecified atom stereocenters. The molecular formula is C15H35N3O2S. The number of nitrogens with one attached hydrogen (secondary N) is 2. The summed E-state index contributed by atoms with van der Waals surface area (Å²) in [6.07, 6.45) is 5.81. The smallest absolute Gasteiger partial charge is 0.279 e. The summed E-state index contributed by atoms with van der Waals surface area (Å²) < 4.78 is 28.9. The van der Waals surface area contributed by atoms with Crippen molar-refractivity contribution in [2.45, 2.75) is 78.3 Å². The summed E-state index contributed by atoms with van der Waals surface area (Å²) in [6.45, 7) is 9.78. The van der Waals surface area contributed by atoms with Crippen LogP contribution >= 0.6 is 0 Å². The molecule has 0 aromatic heterocycles. The minimum atomic E-state index is -3.36. The molecule has 0 aliphatic rings. The molecule has 0 heterocycles. The zero-order valence-electron chi connectivity index (χ0n) is 14.5. The first-order valence-electron chi connectivity index (χ1n) is 8.30. The molecule has 0 spiro atoms. The maximum absolute atomic E-state index is 12.3. The number of hydrogen-bond acceptors (Lipinski definition) is 3. The Morgan fingerprint density at radius 3 is 2.24 bits per heavy atom. The first kappa shape index (κ1) is 20.8. The van der Waals surface area contributed by atoms with Crippen LogP contribution in [0.1, 0.15) is 66.2 Å². The SMILES string of the molecule is CCCCC(CCC)NS(=O)(=O)N(C)CCCNC(C)C. The first-order valence-corrected chi connectivity index (χ1v) is 9.74. The van der Waals surface area contributed by atoms with Crippen LogP contribution in [0, 0.1) is 0 Å². The van der Waals surface area contributed by atoms with E-state index in [1.807, 2.05) is 0 Å². The molecule has 0 aliphatic heterocycles. The topological polar surface area (TPSA) is 61.4 Å². The highest BCUT2D eigenvalue weighted by Gasteiger charge is 2.21. The summed E-state index contributed by atoms with van der Waals surface area (Å²) in [7, 11) is -1.70. The predicted molar refractivity (Wildman–Crippen MR) is 90.7 cm³/mol. The third kappa shape index (κ3) is 10.2. The number of rotatable bonds is 13. The molecule has 0 aliphatic carbocycles. The van der Waals surface area contributed by atoms with Gasteiger partial charge in [0.25, 0.3) is 10.2 Å². The summed E-state index contributed by atoms with van der Waals surface area (Å²) in [5.41, 5.74) is 0. The average molecular weight is 322 g/mol. The van der Waals surface area contributed by atoms with E-state index in [1.54, 1.807) is 7.05 Å².